The number of amides is 1. The molecule has 0 unspecified atom stereocenters. The second-order valence-electron chi connectivity index (χ2n) is 5.74. The third-order valence-corrected chi connectivity index (χ3v) is 5.56. The number of anilines is 1. The fourth-order valence-corrected chi connectivity index (χ4v) is 3.29. The third-order valence-electron chi connectivity index (χ3n) is 3.82. The van der Waals surface area contributed by atoms with Crippen molar-refractivity contribution in [2.75, 3.05) is 19.0 Å². The van der Waals surface area contributed by atoms with Crippen molar-refractivity contribution < 1.29 is 22.7 Å². The Morgan fingerprint density at radius 2 is 1.74 bits per heavy atom. The molecule has 0 bridgehead atoms. The smallest absolute Gasteiger partial charge is 0.340 e. The molecule has 2 N–H and O–H groups in total. The van der Waals surface area contributed by atoms with Gasteiger partial charge in [0.05, 0.1) is 15.5 Å². The van der Waals surface area contributed by atoms with Crippen molar-refractivity contribution in [3.8, 4) is 0 Å². The quantitative estimate of drug-likeness (QED) is 0.713. The molecule has 144 valence electrons. The van der Waals surface area contributed by atoms with E-state index in [1.807, 2.05) is 32.0 Å². The number of hydrogen-bond donors (Lipinski definition) is 2. The Morgan fingerprint density at radius 1 is 1.11 bits per heavy atom. The SMILES string of the molecule is CNS(=O)(=O)c1ccc(Cl)c(C(=O)OCC(=O)Nc2c(C)cccc2C)c1. The zero-order valence-electron chi connectivity index (χ0n) is 15.0. The number of sulfonamides is 1. The van der Waals surface area contributed by atoms with Gasteiger partial charge < -0.3 is 10.1 Å². The molecule has 0 aromatic heterocycles. The van der Waals surface area contributed by atoms with E-state index in [1.54, 1.807) is 0 Å². The van der Waals surface area contributed by atoms with Crippen molar-refractivity contribution in [3.63, 3.8) is 0 Å². The highest BCUT2D eigenvalue weighted by atomic mass is 35.5. The normalized spacial score (nSPS) is 11.1. The van der Waals surface area contributed by atoms with Crippen LogP contribution in [0.2, 0.25) is 5.02 Å². The van der Waals surface area contributed by atoms with Gasteiger partial charge in [-0.15, -0.1) is 0 Å². The highest BCUT2D eigenvalue weighted by Gasteiger charge is 2.19. The second-order valence-corrected chi connectivity index (χ2v) is 8.03. The Morgan fingerprint density at radius 3 is 2.33 bits per heavy atom. The Hall–Kier alpha value is -2.42. The summed E-state index contributed by atoms with van der Waals surface area (Å²) in [7, 11) is -2.50. The van der Waals surface area contributed by atoms with Crippen LogP contribution in [-0.2, 0) is 19.6 Å². The molecule has 9 heteroatoms. The molecule has 0 saturated heterocycles. The van der Waals surface area contributed by atoms with Crippen molar-refractivity contribution >= 4 is 39.2 Å². The zero-order chi connectivity index (χ0) is 20.2. The average molecular weight is 411 g/mol. The first kappa shape index (κ1) is 20.9. The lowest BCUT2D eigenvalue weighted by Gasteiger charge is -2.12. The topological polar surface area (TPSA) is 102 Å². The summed E-state index contributed by atoms with van der Waals surface area (Å²) in [6.07, 6.45) is 0. The Bertz CT molecular complexity index is 969. The summed E-state index contributed by atoms with van der Waals surface area (Å²) in [6.45, 7) is 3.16. The van der Waals surface area contributed by atoms with Gasteiger partial charge in [-0.2, -0.15) is 0 Å². The minimum Gasteiger partial charge on any atom is -0.452 e. The Labute approximate surface area is 162 Å². The lowest BCUT2D eigenvalue weighted by Crippen LogP contribution is -2.22. The molecule has 0 radical (unpaired) electrons. The van der Waals surface area contributed by atoms with Gasteiger partial charge in [0.25, 0.3) is 5.91 Å². The van der Waals surface area contributed by atoms with Gasteiger partial charge in [0.15, 0.2) is 6.61 Å². The van der Waals surface area contributed by atoms with E-state index in [9.17, 15) is 18.0 Å². The molecule has 0 atom stereocenters. The van der Waals surface area contributed by atoms with E-state index in [0.717, 1.165) is 17.2 Å². The zero-order valence-corrected chi connectivity index (χ0v) is 16.6. The number of aryl methyl sites for hydroxylation is 2. The van der Waals surface area contributed by atoms with Crippen LogP contribution < -0.4 is 10.0 Å². The van der Waals surface area contributed by atoms with Crippen LogP contribution in [0.15, 0.2) is 41.3 Å². The van der Waals surface area contributed by atoms with Gasteiger partial charge >= 0.3 is 5.97 Å². The number of esters is 1. The molecule has 0 heterocycles. The molecule has 2 aromatic rings. The second kappa shape index (κ2) is 8.51. The molecule has 2 aromatic carbocycles. The number of benzene rings is 2. The van der Waals surface area contributed by atoms with Crippen molar-refractivity contribution in [1.29, 1.82) is 0 Å². The van der Waals surface area contributed by atoms with Gasteiger partial charge in [-0.25, -0.2) is 17.9 Å². The van der Waals surface area contributed by atoms with Crippen LogP contribution in [0.25, 0.3) is 0 Å². The molecule has 0 fully saturated rings. The first-order chi connectivity index (χ1) is 12.7. The minimum absolute atomic E-state index is 0.0187. The fraction of sp³-hybridized carbons (Fsp3) is 0.222. The summed E-state index contributed by atoms with van der Waals surface area (Å²) in [5.74, 6) is -1.42. The predicted octanol–water partition coefficient (Wildman–Crippen LogP) is 2.66. The number of nitrogens with one attached hydrogen (secondary N) is 2. The van der Waals surface area contributed by atoms with Gasteiger partial charge in [-0.1, -0.05) is 29.8 Å². The van der Waals surface area contributed by atoms with E-state index in [4.69, 9.17) is 16.3 Å². The summed E-state index contributed by atoms with van der Waals surface area (Å²) in [5, 5.41) is 2.71. The number of rotatable bonds is 6. The predicted molar refractivity (Wildman–Crippen MR) is 103 cm³/mol. The Kier molecular flexibility index (Phi) is 6.59. The lowest BCUT2D eigenvalue weighted by molar-refractivity contribution is -0.119. The van der Waals surface area contributed by atoms with E-state index in [2.05, 4.69) is 10.0 Å². The molecule has 0 saturated carbocycles. The van der Waals surface area contributed by atoms with E-state index in [0.29, 0.717) is 5.69 Å². The molecular formula is C18H19ClN2O5S. The molecule has 0 aliphatic heterocycles. The largest absolute Gasteiger partial charge is 0.452 e. The van der Waals surface area contributed by atoms with E-state index >= 15 is 0 Å². The molecular weight excluding hydrogens is 392 g/mol. The molecule has 7 nitrogen and oxygen atoms in total. The highest BCUT2D eigenvalue weighted by Crippen LogP contribution is 2.22. The maximum atomic E-state index is 12.2. The summed E-state index contributed by atoms with van der Waals surface area (Å²) >= 11 is 5.95. The van der Waals surface area contributed by atoms with Crippen LogP contribution in [0.5, 0.6) is 0 Å². The number of carbonyl (C=O) groups excluding carboxylic acids is 2. The monoisotopic (exact) mass is 410 g/mol. The van der Waals surface area contributed by atoms with E-state index in [-0.39, 0.29) is 15.5 Å². The van der Waals surface area contributed by atoms with Crippen LogP contribution >= 0.6 is 11.6 Å². The van der Waals surface area contributed by atoms with Crippen molar-refractivity contribution in [2.24, 2.45) is 0 Å². The summed E-state index contributed by atoms with van der Waals surface area (Å²) in [5.41, 5.74) is 2.26. The van der Waals surface area contributed by atoms with Gasteiger partial charge in [-0.3, -0.25) is 4.79 Å². The summed E-state index contributed by atoms with van der Waals surface area (Å²) in [6, 6.07) is 9.20. The summed E-state index contributed by atoms with van der Waals surface area (Å²) in [4.78, 5) is 24.2. The van der Waals surface area contributed by atoms with Crippen molar-refractivity contribution in [3.05, 3.63) is 58.1 Å². The number of para-hydroxylation sites is 1. The van der Waals surface area contributed by atoms with Gasteiger partial charge in [-0.05, 0) is 50.2 Å². The van der Waals surface area contributed by atoms with Crippen molar-refractivity contribution in [1.82, 2.24) is 4.72 Å². The lowest BCUT2D eigenvalue weighted by atomic mass is 10.1. The van der Waals surface area contributed by atoms with Crippen LogP contribution in [0.4, 0.5) is 5.69 Å². The van der Waals surface area contributed by atoms with Gasteiger partial charge in [0, 0.05) is 5.69 Å². The highest BCUT2D eigenvalue weighted by molar-refractivity contribution is 7.89. The maximum Gasteiger partial charge on any atom is 0.340 e. The maximum absolute atomic E-state index is 12.2. The number of halogens is 1. The number of hydrogen-bond acceptors (Lipinski definition) is 5. The van der Waals surface area contributed by atoms with Crippen molar-refractivity contribution in [2.45, 2.75) is 18.7 Å². The van der Waals surface area contributed by atoms with E-state index in [1.165, 1.54) is 19.2 Å². The average Bonchev–Trinajstić information content (AvgIpc) is 2.63. The molecule has 2 rings (SSSR count). The standard InChI is InChI=1S/C18H19ClN2O5S/c1-11-5-4-6-12(2)17(11)21-16(22)10-26-18(23)14-9-13(7-8-15(14)19)27(24,25)20-3/h4-9,20H,10H2,1-3H3,(H,21,22). The molecule has 0 spiro atoms. The van der Waals surface area contributed by atoms with Crippen LogP contribution in [-0.4, -0.2) is 33.9 Å². The van der Waals surface area contributed by atoms with E-state index < -0.39 is 28.5 Å². The van der Waals surface area contributed by atoms with Crippen LogP contribution in [0, 0.1) is 13.8 Å². The van der Waals surface area contributed by atoms with Crippen LogP contribution in [0.3, 0.4) is 0 Å². The fourth-order valence-electron chi connectivity index (χ4n) is 2.34. The first-order valence-electron chi connectivity index (χ1n) is 7.92. The third kappa shape index (κ3) is 5.06. The summed E-state index contributed by atoms with van der Waals surface area (Å²) < 4.78 is 30.8. The molecule has 1 amide bonds. The first-order valence-corrected chi connectivity index (χ1v) is 9.78. The Balaban J connectivity index is 2.10. The minimum atomic E-state index is -3.75. The molecule has 27 heavy (non-hydrogen) atoms. The van der Waals surface area contributed by atoms with Gasteiger partial charge in [0.1, 0.15) is 0 Å². The number of ether oxygens (including phenoxy) is 1. The number of carbonyl (C=O) groups is 2. The molecule has 0 aliphatic carbocycles. The van der Waals surface area contributed by atoms with Gasteiger partial charge in [0.2, 0.25) is 10.0 Å². The molecule has 0 aliphatic rings. The van der Waals surface area contributed by atoms with Crippen LogP contribution in [0.1, 0.15) is 21.5 Å².